The summed E-state index contributed by atoms with van der Waals surface area (Å²) in [5.41, 5.74) is 0.914. The van der Waals surface area contributed by atoms with Crippen molar-refractivity contribution in [2.75, 3.05) is 17.8 Å². The van der Waals surface area contributed by atoms with Gasteiger partial charge in [0.15, 0.2) is 10.8 Å². The van der Waals surface area contributed by atoms with E-state index in [2.05, 4.69) is 0 Å². The number of benzene rings is 1. The molecular weight excluding hydrogens is 194 g/mol. The summed E-state index contributed by atoms with van der Waals surface area (Å²) in [5, 5.41) is 0.681. The maximum absolute atomic E-state index is 11.4. The van der Waals surface area contributed by atoms with Crippen molar-refractivity contribution in [3.05, 3.63) is 23.2 Å². The lowest BCUT2D eigenvalue weighted by Crippen LogP contribution is -2.16. The first-order valence-electron chi connectivity index (χ1n) is 3.58. The molecule has 0 amide bonds. The van der Waals surface area contributed by atoms with Gasteiger partial charge >= 0.3 is 0 Å². The lowest BCUT2D eigenvalue weighted by molar-refractivity contribution is 0.598. The Bertz CT molecular complexity index is 318. The van der Waals surface area contributed by atoms with Crippen molar-refractivity contribution in [1.82, 2.24) is 0 Å². The van der Waals surface area contributed by atoms with Crippen molar-refractivity contribution >= 4 is 28.5 Å². The highest BCUT2D eigenvalue weighted by Gasteiger charge is 2.30. The molecule has 1 aromatic rings. The van der Waals surface area contributed by atoms with Gasteiger partial charge in [-0.15, -0.1) is 0 Å². The van der Waals surface area contributed by atoms with Gasteiger partial charge in [0.1, 0.15) is 5.69 Å². The molecule has 1 aromatic carbocycles. The largest absolute Gasteiger partial charge is 0.610 e. The van der Waals surface area contributed by atoms with E-state index in [-0.39, 0.29) is 0 Å². The van der Waals surface area contributed by atoms with Gasteiger partial charge in [-0.3, -0.25) is 0 Å². The van der Waals surface area contributed by atoms with E-state index in [0.717, 1.165) is 10.6 Å². The fourth-order valence-corrected chi connectivity index (χ4v) is 3.07. The average Bonchev–Trinajstić information content (AvgIpc) is 2.29. The molecule has 0 saturated carbocycles. The summed E-state index contributed by atoms with van der Waals surface area (Å²) < 4.78 is 11.4. The summed E-state index contributed by atoms with van der Waals surface area (Å²) in [4.78, 5) is 2.78. The van der Waals surface area contributed by atoms with Gasteiger partial charge in [-0.25, -0.2) is 0 Å². The van der Waals surface area contributed by atoms with Crippen LogP contribution in [0.3, 0.4) is 0 Å². The first-order chi connectivity index (χ1) is 5.70. The molecule has 0 aromatic heterocycles. The molecule has 1 heterocycles. The molecule has 0 N–H and O–H groups in total. The van der Waals surface area contributed by atoms with Gasteiger partial charge in [0.05, 0.1) is 5.02 Å². The minimum Gasteiger partial charge on any atom is -0.610 e. The Labute approximate surface area is 79.3 Å². The predicted octanol–water partition coefficient (Wildman–Crippen LogP) is 1.85. The van der Waals surface area contributed by atoms with Crippen LogP contribution in [0, 0.1) is 0 Å². The van der Waals surface area contributed by atoms with Crippen LogP contribution >= 0.6 is 11.6 Å². The summed E-state index contributed by atoms with van der Waals surface area (Å²) in [6.45, 7) is 0. The molecule has 1 aliphatic rings. The van der Waals surface area contributed by atoms with Gasteiger partial charge in [-0.2, -0.15) is 0 Å². The third kappa shape index (κ3) is 1.09. The van der Waals surface area contributed by atoms with Crippen molar-refractivity contribution in [2.45, 2.75) is 4.90 Å². The van der Waals surface area contributed by atoms with Gasteiger partial charge in [0.2, 0.25) is 0 Å². The van der Waals surface area contributed by atoms with Crippen LogP contribution in [0.25, 0.3) is 0 Å². The zero-order valence-electron chi connectivity index (χ0n) is 6.58. The molecule has 1 aliphatic heterocycles. The van der Waals surface area contributed by atoms with Crippen molar-refractivity contribution in [2.24, 2.45) is 0 Å². The molecule has 2 nitrogen and oxygen atoms in total. The van der Waals surface area contributed by atoms with E-state index in [1.807, 2.05) is 30.1 Å². The van der Waals surface area contributed by atoms with E-state index < -0.39 is 11.2 Å². The Morgan fingerprint density at radius 2 is 2.33 bits per heavy atom. The molecule has 1 atom stereocenters. The summed E-state index contributed by atoms with van der Waals surface area (Å²) in [7, 11) is 1.90. The topological polar surface area (TPSA) is 26.3 Å². The van der Waals surface area contributed by atoms with E-state index in [1.165, 1.54) is 0 Å². The molecule has 64 valence electrons. The van der Waals surface area contributed by atoms with E-state index in [9.17, 15) is 4.55 Å². The molecule has 0 radical (unpaired) electrons. The maximum atomic E-state index is 11.4. The third-order valence-corrected chi connectivity index (χ3v) is 3.63. The van der Waals surface area contributed by atoms with Crippen LogP contribution in [0.2, 0.25) is 5.02 Å². The summed E-state index contributed by atoms with van der Waals surface area (Å²) in [6.07, 6.45) is 0. The zero-order valence-corrected chi connectivity index (χ0v) is 8.15. The van der Waals surface area contributed by atoms with Gasteiger partial charge in [0, 0.05) is 18.2 Å². The molecule has 0 fully saturated rings. The number of hydrogen-bond donors (Lipinski definition) is 0. The van der Waals surface area contributed by atoms with Crippen molar-refractivity contribution in [3.63, 3.8) is 0 Å². The predicted molar refractivity (Wildman–Crippen MR) is 51.1 cm³/mol. The number of fused-ring (bicyclic) bond motifs is 1. The smallest absolute Gasteiger partial charge is 0.183 e. The average molecular weight is 202 g/mol. The van der Waals surface area contributed by atoms with Crippen LogP contribution in [0.15, 0.2) is 23.1 Å². The number of para-hydroxylation sites is 1. The second-order valence-electron chi connectivity index (χ2n) is 2.76. The normalized spacial score (nSPS) is 21.2. The van der Waals surface area contributed by atoms with Crippen LogP contribution in [0.4, 0.5) is 5.69 Å². The number of halogens is 1. The fourth-order valence-electron chi connectivity index (χ4n) is 1.36. The highest BCUT2D eigenvalue weighted by Crippen LogP contribution is 2.38. The summed E-state index contributed by atoms with van der Waals surface area (Å²) >= 11 is 5.06. The Morgan fingerprint density at radius 3 is 3.00 bits per heavy atom. The third-order valence-electron chi connectivity index (χ3n) is 1.89. The van der Waals surface area contributed by atoms with Crippen LogP contribution in [0.5, 0.6) is 0 Å². The number of nitrogens with zero attached hydrogens (tertiary/aromatic N) is 1. The van der Waals surface area contributed by atoms with Crippen LogP contribution < -0.4 is 4.90 Å². The lowest BCUT2D eigenvalue weighted by Gasteiger charge is -2.07. The van der Waals surface area contributed by atoms with E-state index >= 15 is 0 Å². The number of rotatable bonds is 0. The Hall–Kier alpha value is -0.380. The monoisotopic (exact) mass is 201 g/mol. The highest BCUT2D eigenvalue weighted by molar-refractivity contribution is 7.92. The Morgan fingerprint density at radius 1 is 1.58 bits per heavy atom. The maximum Gasteiger partial charge on any atom is 0.183 e. The fraction of sp³-hybridized carbons (Fsp3) is 0.250. The minimum absolute atomic E-state index is 0.555. The molecule has 4 heteroatoms. The Balaban J connectivity index is 2.59. The van der Waals surface area contributed by atoms with Crippen LogP contribution in [-0.2, 0) is 11.2 Å². The molecule has 0 aliphatic carbocycles. The van der Waals surface area contributed by atoms with Crippen molar-refractivity contribution in [3.8, 4) is 0 Å². The standard InChI is InChI=1S/C8H8ClNOS/c1-10-5-12(11)7-4-2-3-6(9)8(7)10/h2-4H,5H2,1H3. The van der Waals surface area contributed by atoms with Gasteiger partial charge in [-0.1, -0.05) is 17.7 Å². The molecule has 0 bridgehead atoms. The first kappa shape index (κ1) is 8.23. The molecule has 0 spiro atoms. The zero-order chi connectivity index (χ0) is 8.72. The van der Waals surface area contributed by atoms with Crippen molar-refractivity contribution in [1.29, 1.82) is 0 Å². The van der Waals surface area contributed by atoms with Crippen LogP contribution in [0.1, 0.15) is 0 Å². The van der Waals surface area contributed by atoms with Gasteiger partial charge in [-0.05, 0) is 12.1 Å². The quantitative estimate of drug-likeness (QED) is 0.599. The number of hydrogen-bond acceptors (Lipinski definition) is 2. The van der Waals surface area contributed by atoms with E-state index in [0.29, 0.717) is 10.9 Å². The second-order valence-corrected chi connectivity index (χ2v) is 4.56. The van der Waals surface area contributed by atoms with Crippen LogP contribution in [-0.4, -0.2) is 17.5 Å². The summed E-state index contributed by atoms with van der Waals surface area (Å²) in [5.74, 6) is 0.555. The van der Waals surface area contributed by atoms with Crippen molar-refractivity contribution < 1.29 is 4.55 Å². The molecule has 12 heavy (non-hydrogen) atoms. The SMILES string of the molecule is CN1C[S+]([O-])c2cccc(Cl)c21. The van der Waals surface area contributed by atoms with E-state index in [1.54, 1.807) is 0 Å². The lowest BCUT2D eigenvalue weighted by atomic mass is 10.3. The van der Waals surface area contributed by atoms with E-state index in [4.69, 9.17) is 11.6 Å². The number of anilines is 1. The first-order valence-corrected chi connectivity index (χ1v) is 5.28. The molecular formula is C8H8ClNOS. The van der Waals surface area contributed by atoms with Gasteiger partial charge in [0.25, 0.3) is 0 Å². The molecule has 2 rings (SSSR count). The summed E-state index contributed by atoms with van der Waals surface area (Å²) in [6, 6.07) is 5.51. The highest BCUT2D eigenvalue weighted by atomic mass is 35.5. The minimum atomic E-state index is -0.897. The molecule has 0 saturated heterocycles. The Kier molecular flexibility index (Phi) is 1.94. The molecule has 1 unspecified atom stereocenters. The van der Waals surface area contributed by atoms with Gasteiger partial charge < -0.3 is 9.45 Å². The second kappa shape index (κ2) is 2.83.